The summed E-state index contributed by atoms with van der Waals surface area (Å²) in [6.07, 6.45) is 6.43. The first-order chi connectivity index (χ1) is 5.83. The van der Waals surface area contributed by atoms with E-state index in [1.54, 1.807) is 0 Å². The van der Waals surface area contributed by atoms with Crippen LogP contribution in [0.4, 0.5) is 0 Å². The van der Waals surface area contributed by atoms with Gasteiger partial charge in [0, 0.05) is 0 Å². The fraction of sp³-hybridized carbons (Fsp3) is 0.400. The van der Waals surface area contributed by atoms with Crippen LogP contribution in [0.5, 0.6) is 0 Å². The van der Waals surface area contributed by atoms with E-state index >= 15 is 0 Å². The summed E-state index contributed by atoms with van der Waals surface area (Å²) >= 11 is 0. The van der Waals surface area contributed by atoms with Gasteiger partial charge in [-0.25, -0.2) is 0 Å². The highest BCUT2D eigenvalue weighted by molar-refractivity contribution is 4.57. The molecule has 0 saturated heterocycles. The molecule has 0 aromatic heterocycles. The van der Waals surface area contributed by atoms with E-state index in [9.17, 15) is 0 Å². The molecule has 2 nitrogen and oxygen atoms in total. The second-order valence-electron chi connectivity index (χ2n) is 1.86. The molecule has 0 rings (SSSR count). The lowest BCUT2D eigenvalue weighted by molar-refractivity contribution is 0.245. The first kappa shape index (κ1) is 13.4. The third-order valence-corrected chi connectivity index (χ3v) is 0.926. The highest BCUT2D eigenvalue weighted by Gasteiger charge is 1.76. The molecule has 0 radical (unpaired) electrons. The SMILES string of the molecule is C=COC=C.C=COCCCC. The van der Waals surface area contributed by atoms with Gasteiger partial charge in [-0.3, -0.25) is 0 Å². The van der Waals surface area contributed by atoms with Gasteiger partial charge in [0.2, 0.25) is 0 Å². The van der Waals surface area contributed by atoms with Crippen molar-refractivity contribution in [3.05, 3.63) is 38.5 Å². The van der Waals surface area contributed by atoms with Crippen molar-refractivity contribution in [2.24, 2.45) is 0 Å². The van der Waals surface area contributed by atoms with Crippen molar-refractivity contribution in [3.8, 4) is 0 Å². The van der Waals surface area contributed by atoms with Gasteiger partial charge in [0.25, 0.3) is 0 Å². The molecule has 0 aromatic rings. The quantitative estimate of drug-likeness (QED) is 0.450. The van der Waals surface area contributed by atoms with E-state index in [1.807, 2.05) is 0 Å². The van der Waals surface area contributed by atoms with Gasteiger partial charge in [-0.2, -0.15) is 0 Å². The maximum absolute atomic E-state index is 4.84. The molecule has 0 aromatic carbocycles. The van der Waals surface area contributed by atoms with Gasteiger partial charge in [-0.1, -0.05) is 33.1 Å². The van der Waals surface area contributed by atoms with Crippen LogP contribution >= 0.6 is 0 Å². The first-order valence-corrected chi connectivity index (χ1v) is 3.93. The number of unbranched alkanes of at least 4 members (excludes halogenated alkanes) is 1. The van der Waals surface area contributed by atoms with Crippen LogP contribution in [-0.2, 0) is 9.47 Å². The number of hydrogen-bond acceptors (Lipinski definition) is 2. The van der Waals surface area contributed by atoms with Crippen LogP contribution in [0, 0.1) is 0 Å². The number of hydrogen-bond donors (Lipinski definition) is 0. The normalized spacial score (nSPS) is 7.08. The lowest BCUT2D eigenvalue weighted by atomic mass is 10.4. The summed E-state index contributed by atoms with van der Waals surface area (Å²) in [5.41, 5.74) is 0. The Hall–Kier alpha value is -1.18. The number of ether oxygens (including phenoxy) is 2. The Labute approximate surface area is 75.2 Å². The third-order valence-electron chi connectivity index (χ3n) is 0.926. The van der Waals surface area contributed by atoms with E-state index in [2.05, 4.69) is 31.4 Å². The van der Waals surface area contributed by atoms with Crippen molar-refractivity contribution in [2.45, 2.75) is 19.8 Å². The van der Waals surface area contributed by atoms with E-state index in [1.165, 1.54) is 25.2 Å². The first-order valence-electron chi connectivity index (χ1n) is 3.93. The Kier molecular flexibility index (Phi) is 18.4. The van der Waals surface area contributed by atoms with Crippen molar-refractivity contribution >= 4 is 0 Å². The largest absolute Gasteiger partial charge is 0.502 e. The van der Waals surface area contributed by atoms with E-state index in [0.717, 1.165) is 13.0 Å². The molecule has 0 fully saturated rings. The Morgan fingerprint density at radius 2 is 1.67 bits per heavy atom. The standard InChI is InChI=1S/C6H12O.C4H6O/c1-3-5-6-7-4-2;1-3-5-4-2/h4H,2-3,5-6H2,1H3;3-4H,1-2H2. The number of rotatable bonds is 6. The van der Waals surface area contributed by atoms with E-state index in [4.69, 9.17) is 4.74 Å². The second-order valence-corrected chi connectivity index (χ2v) is 1.86. The van der Waals surface area contributed by atoms with Crippen molar-refractivity contribution in [1.29, 1.82) is 0 Å². The van der Waals surface area contributed by atoms with Gasteiger partial charge in [-0.05, 0) is 6.42 Å². The second kappa shape index (κ2) is 16.4. The minimum atomic E-state index is 0.819. The van der Waals surface area contributed by atoms with E-state index in [-0.39, 0.29) is 0 Å². The highest BCUT2D eigenvalue weighted by atomic mass is 16.5. The minimum Gasteiger partial charge on any atom is -0.502 e. The topological polar surface area (TPSA) is 18.5 Å². The molecule has 0 amide bonds. The lowest BCUT2D eigenvalue weighted by Gasteiger charge is -1.93. The Morgan fingerprint density at radius 3 is 1.92 bits per heavy atom. The summed E-state index contributed by atoms with van der Waals surface area (Å²) in [6, 6.07) is 0. The van der Waals surface area contributed by atoms with Gasteiger partial charge in [0.05, 0.1) is 25.4 Å². The van der Waals surface area contributed by atoms with E-state index < -0.39 is 0 Å². The van der Waals surface area contributed by atoms with Gasteiger partial charge >= 0.3 is 0 Å². The zero-order chi connectivity index (χ0) is 9.66. The van der Waals surface area contributed by atoms with Crippen molar-refractivity contribution < 1.29 is 9.47 Å². The van der Waals surface area contributed by atoms with Gasteiger partial charge < -0.3 is 9.47 Å². The minimum absolute atomic E-state index is 0.819. The highest BCUT2D eigenvalue weighted by Crippen LogP contribution is 1.85. The maximum Gasteiger partial charge on any atom is 0.0872 e. The predicted octanol–water partition coefficient (Wildman–Crippen LogP) is 3.24. The molecule has 0 N–H and O–H groups in total. The lowest BCUT2D eigenvalue weighted by Crippen LogP contribution is -1.83. The molecular formula is C10H18O2. The monoisotopic (exact) mass is 170 g/mol. The molecule has 0 atom stereocenters. The summed E-state index contributed by atoms with van der Waals surface area (Å²) in [5.74, 6) is 0. The van der Waals surface area contributed by atoms with Crippen molar-refractivity contribution in [3.63, 3.8) is 0 Å². The average molecular weight is 170 g/mol. The molecule has 0 aliphatic heterocycles. The van der Waals surface area contributed by atoms with Crippen LogP contribution in [0.25, 0.3) is 0 Å². The Morgan fingerprint density at radius 1 is 1.08 bits per heavy atom. The molecule has 70 valence electrons. The predicted molar refractivity (Wildman–Crippen MR) is 52.5 cm³/mol. The molecule has 0 aliphatic rings. The summed E-state index contributed by atoms with van der Waals surface area (Å²) in [6.45, 7) is 12.9. The van der Waals surface area contributed by atoms with Crippen LogP contribution in [0.2, 0.25) is 0 Å². The molecule has 0 heterocycles. The van der Waals surface area contributed by atoms with Crippen LogP contribution in [0.15, 0.2) is 38.5 Å². The molecular weight excluding hydrogens is 152 g/mol. The zero-order valence-corrected chi connectivity index (χ0v) is 7.79. The van der Waals surface area contributed by atoms with Crippen molar-refractivity contribution in [1.82, 2.24) is 0 Å². The summed E-state index contributed by atoms with van der Waals surface area (Å²) < 4.78 is 9.20. The molecule has 12 heavy (non-hydrogen) atoms. The third kappa shape index (κ3) is 23.2. The Bertz CT molecular complexity index is 102. The Balaban J connectivity index is 0. The van der Waals surface area contributed by atoms with E-state index in [0.29, 0.717) is 0 Å². The smallest absolute Gasteiger partial charge is 0.0872 e. The fourth-order valence-corrected chi connectivity index (χ4v) is 0.379. The summed E-state index contributed by atoms with van der Waals surface area (Å²) in [4.78, 5) is 0. The molecule has 0 aliphatic carbocycles. The molecule has 0 saturated carbocycles. The molecule has 2 heteroatoms. The van der Waals surface area contributed by atoms with Crippen LogP contribution in [0.1, 0.15) is 19.8 Å². The average Bonchev–Trinajstić information content (AvgIpc) is 2.08. The maximum atomic E-state index is 4.84. The molecule has 0 unspecified atom stereocenters. The van der Waals surface area contributed by atoms with Gasteiger partial charge in [0.1, 0.15) is 0 Å². The summed E-state index contributed by atoms with van der Waals surface area (Å²) in [7, 11) is 0. The van der Waals surface area contributed by atoms with Gasteiger partial charge in [0.15, 0.2) is 0 Å². The van der Waals surface area contributed by atoms with Crippen LogP contribution in [-0.4, -0.2) is 6.61 Å². The van der Waals surface area contributed by atoms with Gasteiger partial charge in [-0.15, -0.1) is 0 Å². The van der Waals surface area contributed by atoms with Crippen LogP contribution in [0.3, 0.4) is 0 Å². The molecule has 0 spiro atoms. The zero-order valence-electron chi connectivity index (χ0n) is 7.79. The van der Waals surface area contributed by atoms with Crippen molar-refractivity contribution in [2.75, 3.05) is 6.61 Å². The summed E-state index contributed by atoms with van der Waals surface area (Å²) in [5, 5.41) is 0. The fourth-order valence-electron chi connectivity index (χ4n) is 0.379. The van der Waals surface area contributed by atoms with Crippen LogP contribution < -0.4 is 0 Å². The molecule has 0 bridgehead atoms.